The van der Waals surface area contributed by atoms with Crippen LogP contribution in [0.5, 0.6) is 0 Å². The van der Waals surface area contributed by atoms with Gasteiger partial charge in [-0.25, -0.2) is 9.59 Å². The number of nitrogens with one attached hydrogen (secondary N) is 1. The third-order valence-electron chi connectivity index (χ3n) is 3.72. The first-order valence-corrected chi connectivity index (χ1v) is 6.54. The minimum absolute atomic E-state index is 0.0250. The van der Waals surface area contributed by atoms with Crippen molar-refractivity contribution in [3.8, 4) is 0 Å². The van der Waals surface area contributed by atoms with Crippen LogP contribution in [0.25, 0.3) is 0 Å². The Balaban J connectivity index is 1.51. The van der Waals surface area contributed by atoms with Crippen LogP contribution in [0.3, 0.4) is 0 Å². The van der Waals surface area contributed by atoms with Crippen LogP contribution in [0, 0.1) is 0 Å². The first-order valence-electron chi connectivity index (χ1n) is 6.54. The number of carbonyl (C=O) groups excluding carboxylic acids is 1. The van der Waals surface area contributed by atoms with Crippen LogP contribution in [-0.4, -0.2) is 80.7 Å². The van der Waals surface area contributed by atoms with Crippen molar-refractivity contribution in [2.45, 2.75) is 12.6 Å². The number of hydrogen-bond acceptors (Lipinski definition) is 5. The Morgan fingerprint density at radius 1 is 1.45 bits per heavy atom. The van der Waals surface area contributed by atoms with Crippen molar-refractivity contribution in [3.63, 3.8) is 0 Å². The molecule has 1 aromatic rings. The number of carbonyl (C=O) groups is 2. The molecule has 2 saturated heterocycles. The van der Waals surface area contributed by atoms with Crippen molar-refractivity contribution in [2.75, 3.05) is 32.7 Å². The third-order valence-corrected chi connectivity index (χ3v) is 3.72. The molecule has 3 heterocycles. The van der Waals surface area contributed by atoms with Crippen molar-refractivity contribution < 1.29 is 14.7 Å². The van der Waals surface area contributed by atoms with Crippen molar-refractivity contribution in [2.24, 2.45) is 0 Å². The number of carboxylic acids is 1. The molecule has 0 spiro atoms. The molecule has 0 bridgehead atoms. The Morgan fingerprint density at radius 2 is 2.30 bits per heavy atom. The number of aromatic nitrogens is 3. The van der Waals surface area contributed by atoms with Crippen LogP contribution in [0.2, 0.25) is 0 Å². The maximum Gasteiger partial charge on any atom is 0.358 e. The number of carboxylic acid groups (broad SMARTS) is 1. The lowest BCUT2D eigenvalue weighted by Gasteiger charge is -2.36. The topological polar surface area (TPSA) is 104 Å². The summed E-state index contributed by atoms with van der Waals surface area (Å²) in [6, 6.07) is 0.263. The van der Waals surface area contributed by atoms with E-state index in [1.165, 1.54) is 10.9 Å². The lowest BCUT2D eigenvalue weighted by atomic mass is 10.2. The van der Waals surface area contributed by atoms with E-state index >= 15 is 0 Å². The number of nitrogens with zero attached hydrogens (tertiary/aromatic N) is 5. The van der Waals surface area contributed by atoms with Gasteiger partial charge in [0, 0.05) is 32.7 Å². The molecule has 2 fully saturated rings. The van der Waals surface area contributed by atoms with Crippen LogP contribution < -0.4 is 5.32 Å². The number of piperazine rings is 1. The zero-order valence-corrected chi connectivity index (χ0v) is 10.9. The summed E-state index contributed by atoms with van der Waals surface area (Å²) in [6.07, 6.45) is 1.43. The molecule has 0 aliphatic carbocycles. The van der Waals surface area contributed by atoms with Gasteiger partial charge in [0.2, 0.25) is 0 Å². The number of urea groups is 1. The molecule has 1 unspecified atom stereocenters. The first-order chi connectivity index (χ1) is 9.63. The molecular weight excluding hydrogens is 264 g/mol. The molecule has 1 aromatic heterocycles. The van der Waals surface area contributed by atoms with Gasteiger partial charge in [-0.1, -0.05) is 5.21 Å². The molecule has 9 heteroatoms. The van der Waals surface area contributed by atoms with Crippen molar-refractivity contribution in [1.82, 2.24) is 30.1 Å². The van der Waals surface area contributed by atoms with Gasteiger partial charge in [-0.3, -0.25) is 9.58 Å². The zero-order valence-electron chi connectivity index (χ0n) is 10.9. The molecule has 2 N–H and O–H groups in total. The Morgan fingerprint density at radius 3 is 3.05 bits per heavy atom. The van der Waals surface area contributed by atoms with Crippen LogP contribution in [-0.2, 0) is 6.54 Å². The van der Waals surface area contributed by atoms with Crippen molar-refractivity contribution in [1.29, 1.82) is 0 Å². The zero-order chi connectivity index (χ0) is 14.1. The predicted octanol–water partition coefficient (Wildman–Crippen LogP) is -1.31. The van der Waals surface area contributed by atoms with Crippen LogP contribution in [0.1, 0.15) is 10.5 Å². The summed E-state index contributed by atoms with van der Waals surface area (Å²) < 4.78 is 1.54. The minimum Gasteiger partial charge on any atom is -0.476 e. The van der Waals surface area contributed by atoms with E-state index in [1.807, 2.05) is 4.90 Å². The average molecular weight is 280 g/mol. The molecule has 2 amide bonds. The maximum absolute atomic E-state index is 11.5. The van der Waals surface area contributed by atoms with Gasteiger partial charge in [0.05, 0.1) is 18.8 Å². The van der Waals surface area contributed by atoms with E-state index in [2.05, 4.69) is 20.5 Å². The molecule has 9 nitrogen and oxygen atoms in total. The van der Waals surface area contributed by atoms with Crippen molar-refractivity contribution >= 4 is 12.0 Å². The molecule has 20 heavy (non-hydrogen) atoms. The van der Waals surface area contributed by atoms with Crippen molar-refractivity contribution in [3.05, 3.63) is 11.9 Å². The standard InChI is InChI=1S/C11H16N6O3/c18-10(19)9-7-16(14-13-9)3-1-15-2-4-17-8(6-15)5-12-11(17)20/h7-8H,1-6H2,(H,12,20)(H,18,19). The second-order valence-electron chi connectivity index (χ2n) is 5.01. The molecule has 2 aliphatic heterocycles. The normalized spacial score (nSPS) is 22.7. The maximum atomic E-state index is 11.5. The van der Waals surface area contributed by atoms with E-state index in [0.29, 0.717) is 13.1 Å². The SMILES string of the molecule is O=C(O)c1cn(CCN2CCN3C(=O)NCC3C2)nn1. The number of aromatic carboxylic acids is 1. The molecule has 1 atom stereocenters. The quantitative estimate of drug-likeness (QED) is 0.709. The minimum atomic E-state index is -1.07. The van der Waals surface area contributed by atoms with Crippen LogP contribution in [0.4, 0.5) is 4.79 Å². The molecule has 0 radical (unpaired) electrons. The lowest BCUT2D eigenvalue weighted by Crippen LogP contribution is -2.52. The molecule has 3 rings (SSSR count). The summed E-state index contributed by atoms with van der Waals surface area (Å²) in [5, 5.41) is 19.0. The highest BCUT2D eigenvalue weighted by atomic mass is 16.4. The van der Waals surface area contributed by atoms with E-state index in [9.17, 15) is 9.59 Å². The van der Waals surface area contributed by atoms with Gasteiger partial charge in [-0.2, -0.15) is 0 Å². The van der Waals surface area contributed by atoms with Gasteiger partial charge in [-0.15, -0.1) is 5.10 Å². The fourth-order valence-corrected chi connectivity index (χ4v) is 2.62. The van der Waals surface area contributed by atoms with E-state index in [1.54, 1.807) is 0 Å². The van der Waals surface area contributed by atoms with Gasteiger partial charge in [0.15, 0.2) is 5.69 Å². The Hall–Kier alpha value is -2.16. The predicted molar refractivity (Wildman–Crippen MR) is 67.3 cm³/mol. The van der Waals surface area contributed by atoms with Crippen LogP contribution in [0.15, 0.2) is 6.20 Å². The van der Waals surface area contributed by atoms with E-state index < -0.39 is 5.97 Å². The number of amides is 2. The first kappa shape index (κ1) is 12.9. The third kappa shape index (κ3) is 2.44. The van der Waals surface area contributed by atoms with E-state index in [-0.39, 0.29) is 17.8 Å². The largest absolute Gasteiger partial charge is 0.476 e. The summed E-state index contributed by atoms with van der Waals surface area (Å²) in [7, 11) is 0. The highest BCUT2D eigenvalue weighted by Crippen LogP contribution is 2.13. The summed E-state index contributed by atoms with van der Waals surface area (Å²) >= 11 is 0. The second kappa shape index (κ2) is 5.08. The summed E-state index contributed by atoms with van der Waals surface area (Å²) in [6.45, 7) is 4.44. The Labute approximate surface area is 115 Å². The fraction of sp³-hybridized carbons (Fsp3) is 0.636. The summed E-state index contributed by atoms with van der Waals surface area (Å²) in [5.74, 6) is -1.07. The Kier molecular flexibility index (Phi) is 3.26. The van der Waals surface area contributed by atoms with E-state index in [0.717, 1.165) is 26.2 Å². The number of hydrogen-bond donors (Lipinski definition) is 2. The lowest BCUT2D eigenvalue weighted by molar-refractivity contribution is 0.0690. The van der Waals surface area contributed by atoms with Gasteiger partial charge in [0.1, 0.15) is 0 Å². The molecular formula is C11H16N6O3. The second-order valence-corrected chi connectivity index (χ2v) is 5.01. The fourth-order valence-electron chi connectivity index (χ4n) is 2.62. The molecule has 108 valence electrons. The molecule has 2 aliphatic rings. The highest BCUT2D eigenvalue weighted by Gasteiger charge is 2.35. The summed E-state index contributed by atoms with van der Waals surface area (Å²) in [4.78, 5) is 26.3. The number of fused-ring (bicyclic) bond motifs is 1. The van der Waals surface area contributed by atoms with Gasteiger partial charge in [-0.05, 0) is 0 Å². The molecule has 0 aromatic carbocycles. The summed E-state index contributed by atoms with van der Waals surface area (Å²) in [5.41, 5.74) is -0.0413. The molecule has 0 saturated carbocycles. The number of rotatable bonds is 4. The van der Waals surface area contributed by atoms with Crippen LogP contribution >= 0.6 is 0 Å². The average Bonchev–Trinajstić information content (AvgIpc) is 3.04. The van der Waals surface area contributed by atoms with Gasteiger partial charge >= 0.3 is 12.0 Å². The van der Waals surface area contributed by atoms with E-state index in [4.69, 9.17) is 5.11 Å². The smallest absolute Gasteiger partial charge is 0.358 e. The van der Waals surface area contributed by atoms with Gasteiger partial charge in [0.25, 0.3) is 0 Å². The Bertz CT molecular complexity index is 530. The monoisotopic (exact) mass is 280 g/mol. The highest BCUT2D eigenvalue weighted by molar-refractivity contribution is 5.84. The van der Waals surface area contributed by atoms with Gasteiger partial charge < -0.3 is 15.3 Å².